The van der Waals surface area contributed by atoms with Gasteiger partial charge >= 0.3 is 0 Å². The molecule has 0 saturated heterocycles. The van der Waals surface area contributed by atoms with E-state index in [4.69, 9.17) is 16.3 Å². The van der Waals surface area contributed by atoms with Gasteiger partial charge in [-0.05, 0) is 19.2 Å². The molecule has 0 aliphatic rings. The van der Waals surface area contributed by atoms with Gasteiger partial charge in [0.05, 0.1) is 36.1 Å². The fraction of sp³-hybridized carbons (Fsp3) is 0.357. The second-order valence-corrected chi connectivity index (χ2v) is 5.71. The van der Waals surface area contributed by atoms with Crippen molar-refractivity contribution in [2.24, 2.45) is 0 Å². The summed E-state index contributed by atoms with van der Waals surface area (Å²) >= 11 is 9.65. The molecule has 4 nitrogen and oxygen atoms in total. The Kier molecular flexibility index (Phi) is 5.75. The summed E-state index contributed by atoms with van der Waals surface area (Å²) in [5.74, 6) is -0.306. The lowest BCUT2D eigenvalue weighted by Gasteiger charge is -2.21. The molecule has 0 aliphatic heterocycles. The lowest BCUT2D eigenvalue weighted by atomic mass is 10.0. The van der Waals surface area contributed by atoms with Gasteiger partial charge in [-0.25, -0.2) is 4.39 Å². The first-order chi connectivity index (χ1) is 10.1. The highest BCUT2D eigenvalue weighted by atomic mass is 79.9. The van der Waals surface area contributed by atoms with Crippen LogP contribution in [0.5, 0.6) is 0 Å². The summed E-state index contributed by atoms with van der Waals surface area (Å²) in [6.07, 6.45) is 1.56. The molecule has 0 spiro atoms. The minimum absolute atomic E-state index is 0.306. The molecule has 0 bridgehead atoms. The molecule has 1 atom stereocenters. The van der Waals surface area contributed by atoms with Crippen molar-refractivity contribution >= 4 is 27.5 Å². The van der Waals surface area contributed by atoms with Crippen LogP contribution in [-0.4, -0.2) is 30.5 Å². The zero-order valence-corrected chi connectivity index (χ0v) is 14.1. The molecule has 1 heterocycles. The summed E-state index contributed by atoms with van der Waals surface area (Å²) in [5, 5.41) is 7.82. The number of nitrogens with zero attached hydrogens (tertiary/aromatic N) is 2. The maximum Gasteiger partial charge on any atom is 0.129 e. The van der Waals surface area contributed by atoms with E-state index < -0.39 is 6.04 Å². The first-order valence-corrected chi connectivity index (χ1v) is 7.58. The van der Waals surface area contributed by atoms with E-state index in [1.807, 2.05) is 0 Å². The van der Waals surface area contributed by atoms with Gasteiger partial charge in [-0.3, -0.25) is 4.68 Å². The maximum atomic E-state index is 14.2. The Hall–Kier alpha value is -0.950. The highest BCUT2D eigenvalue weighted by Crippen LogP contribution is 2.33. The monoisotopic (exact) mass is 375 g/mol. The number of methoxy groups -OCH3 is 1. The molecular formula is C14H16BrClFN3O. The van der Waals surface area contributed by atoms with Crippen LogP contribution >= 0.6 is 27.5 Å². The molecule has 0 aliphatic carbocycles. The highest BCUT2D eigenvalue weighted by molar-refractivity contribution is 9.10. The van der Waals surface area contributed by atoms with E-state index in [-0.39, 0.29) is 5.82 Å². The summed E-state index contributed by atoms with van der Waals surface area (Å²) in [5.41, 5.74) is 1.21. The smallest absolute Gasteiger partial charge is 0.129 e. The SMILES string of the molecule is CNC(c1c(F)cccc1Br)c1c(Cl)cnn1CCOC. The number of benzene rings is 1. The van der Waals surface area contributed by atoms with Gasteiger partial charge in [0.1, 0.15) is 5.82 Å². The van der Waals surface area contributed by atoms with Gasteiger partial charge in [-0.1, -0.05) is 33.6 Å². The van der Waals surface area contributed by atoms with Crippen LogP contribution < -0.4 is 5.32 Å². The number of hydrogen-bond donors (Lipinski definition) is 1. The van der Waals surface area contributed by atoms with Crippen molar-refractivity contribution in [3.8, 4) is 0 Å². The summed E-state index contributed by atoms with van der Waals surface area (Å²) in [7, 11) is 3.38. The lowest BCUT2D eigenvalue weighted by molar-refractivity contribution is 0.182. The van der Waals surface area contributed by atoms with Crippen LogP contribution in [0, 0.1) is 5.82 Å². The van der Waals surface area contributed by atoms with Crippen molar-refractivity contribution < 1.29 is 9.13 Å². The largest absolute Gasteiger partial charge is 0.383 e. The fourth-order valence-electron chi connectivity index (χ4n) is 2.22. The van der Waals surface area contributed by atoms with Crippen molar-refractivity contribution in [3.05, 3.63) is 51.0 Å². The van der Waals surface area contributed by atoms with E-state index >= 15 is 0 Å². The van der Waals surface area contributed by atoms with Crippen LogP contribution in [0.15, 0.2) is 28.9 Å². The predicted molar refractivity (Wildman–Crippen MR) is 84.1 cm³/mol. The average Bonchev–Trinajstić information content (AvgIpc) is 2.82. The van der Waals surface area contributed by atoms with Crippen LogP contribution in [0.4, 0.5) is 4.39 Å². The second kappa shape index (κ2) is 7.35. The summed E-state index contributed by atoms with van der Waals surface area (Å²) in [6.45, 7) is 1.04. The molecule has 0 saturated carbocycles. The molecular weight excluding hydrogens is 361 g/mol. The number of halogens is 3. The Balaban J connectivity index is 2.49. The zero-order chi connectivity index (χ0) is 15.4. The zero-order valence-electron chi connectivity index (χ0n) is 11.7. The Morgan fingerprint density at radius 3 is 2.90 bits per heavy atom. The molecule has 0 amide bonds. The molecule has 2 aromatic rings. The van der Waals surface area contributed by atoms with E-state index in [0.717, 1.165) is 0 Å². The fourth-order valence-corrected chi connectivity index (χ4v) is 3.04. The van der Waals surface area contributed by atoms with Crippen LogP contribution in [-0.2, 0) is 11.3 Å². The van der Waals surface area contributed by atoms with Gasteiger partial charge < -0.3 is 10.1 Å². The van der Waals surface area contributed by atoms with Gasteiger partial charge in [0, 0.05) is 17.1 Å². The maximum absolute atomic E-state index is 14.2. The van der Waals surface area contributed by atoms with Gasteiger partial charge in [0.15, 0.2) is 0 Å². The van der Waals surface area contributed by atoms with Gasteiger partial charge in [0.2, 0.25) is 0 Å². The Bertz CT molecular complexity index is 600. The standard InChI is InChI=1S/C14H16BrClFN3O/c1-18-13(12-9(15)4-3-5-11(12)17)14-10(16)8-19-20(14)6-7-21-2/h3-5,8,13,18H,6-7H2,1-2H3. The molecule has 0 radical (unpaired) electrons. The minimum Gasteiger partial charge on any atom is -0.383 e. The predicted octanol–water partition coefficient (Wildman–Crippen LogP) is 3.39. The number of aromatic nitrogens is 2. The number of rotatable bonds is 6. The molecule has 1 aromatic heterocycles. The lowest BCUT2D eigenvalue weighted by Crippen LogP contribution is -2.24. The third kappa shape index (κ3) is 3.45. The molecule has 7 heteroatoms. The molecule has 1 N–H and O–H groups in total. The topological polar surface area (TPSA) is 39.1 Å². The first-order valence-electron chi connectivity index (χ1n) is 6.41. The van der Waals surface area contributed by atoms with Gasteiger partial charge in [-0.2, -0.15) is 5.10 Å². The first kappa shape index (κ1) is 16.4. The van der Waals surface area contributed by atoms with E-state index in [0.29, 0.717) is 33.9 Å². The number of hydrogen-bond acceptors (Lipinski definition) is 3. The van der Waals surface area contributed by atoms with Crippen molar-refractivity contribution in [3.63, 3.8) is 0 Å². The van der Waals surface area contributed by atoms with Crippen LogP contribution in [0.1, 0.15) is 17.3 Å². The Morgan fingerprint density at radius 1 is 1.52 bits per heavy atom. The molecule has 2 rings (SSSR count). The van der Waals surface area contributed by atoms with Crippen molar-refractivity contribution in [1.29, 1.82) is 0 Å². The van der Waals surface area contributed by atoms with Crippen LogP contribution in [0.3, 0.4) is 0 Å². The van der Waals surface area contributed by atoms with Crippen molar-refractivity contribution in [2.75, 3.05) is 20.8 Å². The van der Waals surface area contributed by atoms with Gasteiger partial charge in [0.25, 0.3) is 0 Å². The number of nitrogens with one attached hydrogen (secondary N) is 1. The van der Waals surface area contributed by atoms with E-state index in [1.165, 1.54) is 6.07 Å². The molecule has 21 heavy (non-hydrogen) atoms. The molecule has 0 fully saturated rings. The second-order valence-electron chi connectivity index (χ2n) is 4.45. The summed E-state index contributed by atoms with van der Waals surface area (Å²) in [4.78, 5) is 0. The number of ether oxygens (including phenoxy) is 1. The Morgan fingerprint density at radius 2 is 2.29 bits per heavy atom. The third-order valence-corrected chi connectivity index (χ3v) is 4.17. The van der Waals surface area contributed by atoms with Crippen LogP contribution in [0.2, 0.25) is 5.02 Å². The van der Waals surface area contributed by atoms with Crippen LogP contribution in [0.25, 0.3) is 0 Å². The summed E-state index contributed by atoms with van der Waals surface area (Å²) in [6, 6.07) is 4.47. The van der Waals surface area contributed by atoms with E-state index in [1.54, 1.807) is 37.2 Å². The quantitative estimate of drug-likeness (QED) is 0.840. The van der Waals surface area contributed by atoms with E-state index in [9.17, 15) is 4.39 Å². The normalized spacial score (nSPS) is 12.6. The Labute approximate surface area is 136 Å². The molecule has 1 aromatic carbocycles. The summed E-state index contributed by atoms with van der Waals surface area (Å²) < 4.78 is 21.7. The minimum atomic E-state index is -0.410. The van der Waals surface area contributed by atoms with Crippen molar-refractivity contribution in [2.45, 2.75) is 12.6 Å². The van der Waals surface area contributed by atoms with Gasteiger partial charge in [-0.15, -0.1) is 0 Å². The van der Waals surface area contributed by atoms with Crippen molar-refractivity contribution in [1.82, 2.24) is 15.1 Å². The third-order valence-electron chi connectivity index (χ3n) is 3.19. The average molecular weight is 377 g/mol. The highest BCUT2D eigenvalue weighted by Gasteiger charge is 2.25. The molecule has 114 valence electrons. The van der Waals surface area contributed by atoms with E-state index in [2.05, 4.69) is 26.3 Å². The molecule has 1 unspecified atom stereocenters.